The first kappa shape index (κ1) is 30.4. The molecule has 242 valence electrons. The molecule has 2 aromatic heterocycles. The maximum atomic E-state index is 5.32. The van der Waals surface area contributed by atoms with Crippen LogP contribution in [0, 0.1) is 0 Å². The fraction of sp³-hybridized carbons (Fsp3) is 0.0208. The van der Waals surface area contributed by atoms with E-state index in [9.17, 15) is 0 Å². The summed E-state index contributed by atoms with van der Waals surface area (Å²) < 4.78 is 2.32. The number of hydrogen-bond donors (Lipinski definition) is 0. The first-order chi connectivity index (χ1) is 25.2. The molecule has 0 saturated carbocycles. The highest BCUT2D eigenvalue weighted by Gasteiger charge is 2.21. The minimum absolute atomic E-state index is 0.755. The standard InChI is InChI=1S/C48H35N3/c1-34-17-6-5-15-30-50(39-22-11-4-12-23-39)46-27-16-25-40(48(34)46)37-28-29-45-42(31-37)41-24-13-14-26-44(41)51(45)47-33-38(35-18-7-2-8-19-35)32-43(49-47)36-20-9-3-10-21-36/h2-29,31-33H,1,30H2/b15-5-,17-6-. The number of fused-ring (bicyclic) bond motifs is 4. The number of rotatable bonds is 5. The Morgan fingerprint density at radius 3 is 2.04 bits per heavy atom. The Balaban J connectivity index is 1.26. The molecule has 0 amide bonds. The molecule has 0 spiro atoms. The molecule has 9 rings (SSSR count). The van der Waals surface area contributed by atoms with Crippen molar-refractivity contribution < 1.29 is 0 Å². The van der Waals surface area contributed by atoms with Crippen LogP contribution in [0.25, 0.3) is 66.7 Å². The van der Waals surface area contributed by atoms with E-state index >= 15 is 0 Å². The molecule has 0 aliphatic carbocycles. The van der Waals surface area contributed by atoms with Gasteiger partial charge in [0, 0.05) is 39.8 Å². The molecule has 0 radical (unpaired) electrons. The summed E-state index contributed by atoms with van der Waals surface area (Å²) in [4.78, 5) is 7.69. The van der Waals surface area contributed by atoms with Gasteiger partial charge in [-0.15, -0.1) is 0 Å². The predicted molar refractivity (Wildman–Crippen MR) is 216 cm³/mol. The molecule has 0 fully saturated rings. The molecule has 3 heteroatoms. The predicted octanol–water partition coefficient (Wildman–Crippen LogP) is 12.5. The Morgan fingerprint density at radius 2 is 1.24 bits per heavy atom. The number of nitrogens with zero attached hydrogens (tertiary/aromatic N) is 3. The van der Waals surface area contributed by atoms with Crippen LogP contribution in [-0.4, -0.2) is 16.1 Å². The summed E-state index contributed by atoms with van der Waals surface area (Å²) in [5.41, 5.74) is 13.2. The van der Waals surface area contributed by atoms with Crippen molar-refractivity contribution >= 4 is 38.8 Å². The first-order valence-electron chi connectivity index (χ1n) is 17.4. The summed E-state index contributed by atoms with van der Waals surface area (Å²) in [5, 5.41) is 2.37. The van der Waals surface area contributed by atoms with Crippen molar-refractivity contribution in [2.24, 2.45) is 0 Å². The van der Waals surface area contributed by atoms with Gasteiger partial charge in [-0.25, -0.2) is 4.98 Å². The Bertz CT molecular complexity index is 2550. The summed E-state index contributed by atoms with van der Waals surface area (Å²) in [5.74, 6) is 0.889. The number of para-hydroxylation sites is 2. The van der Waals surface area contributed by atoms with Crippen LogP contribution in [0.5, 0.6) is 0 Å². The molecule has 3 heterocycles. The second-order valence-corrected chi connectivity index (χ2v) is 12.9. The summed E-state index contributed by atoms with van der Waals surface area (Å²) in [6.07, 6.45) is 8.52. The first-order valence-corrected chi connectivity index (χ1v) is 17.4. The molecule has 1 aliphatic rings. The van der Waals surface area contributed by atoms with E-state index in [-0.39, 0.29) is 0 Å². The zero-order chi connectivity index (χ0) is 34.1. The van der Waals surface area contributed by atoms with Crippen LogP contribution in [0.4, 0.5) is 11.4 Å². The van der Waals surface area contributed by atoms with Gasteiger partial charge in [0.05, 0.1) is 16.7 Å². The molecule has 3 nitrogen and oxygen atoms in total. The van der Waals surface area contributed by atoms with Gasteiger partial charge in [0.15, 0.2) is 0 Å². The zero-order valence-electron chi connectivity index (χ0n) is 28.2. The van der Waals surface area contributed by atoms with Crippen LogP contribution in [-0.2, 0) is 0 Å². The van der Waals surface area contributed by atoms with Gasteiger partial charge in [-0.3, -0.25) is 4.57 Å². The van der Waals surface area contributed by atoms with Crippen molar-refractivity contribution in [3.8, 4) is 39.3 Å². The SMILES string of the molecule is C=C1/C=C\C=C/CN(c2ccccc2)c2cccc(-c3ccc4c(c3)c3ccccc3n4-c3cc(-c4ccccc4)cc(-c4ccccc4)n3)c21. The Kier molecular flexibility index (Phi) is 7.71. The lowest BCUT2D eigenvalue weighted by Gasteiger charge is -2.28. The quantitative estimate of drug-likeness (QED) is 0.184. The number of aromatic nitrogens is 2. The highest BCUT2D eigenvalue weighted by atomic mass is 15.1. The van der Waals surface area contributed by atoms with Crippen molar-refractivity contribution in [3.63, 3.8) is 0 Å². The largest absolute Gasteiger partial charge is 0.337 e. The van der Waals surface area contributed by atoms with Gasteiger partial charge in [-0.2, -0.15) is 0 Å². The third kappa shape index (κ3) is 5.55. The van der Waals surface area contributed by atoms with Crippen LogP contribution < -0.4 is 4.90 Å². The topological polar surface area (TPSA) is 21.1 Å². The molecule has 0 bridgehead atoms. The lowest BCUT2D eigenvalue weighted by atomic mass is 9.92. The molecule has 51 heavy (non-hydrogen) atoms. The average Bonchev–Trinajstić information content (AvgIpc) is 3.56. The number of pyridine rings is 1. The lowest BCUT2D eigenvalue weighted by molar-refractivity contribution is 1.08. The minimum Gasteiger partial charge on any atom is -0.337 e. The normalized spacial score (nSPS) is 14.1. The van der Waals surface area contributed by atoms with E-state index in [0.717, 1.165) is 79.4 Å². The van der Waals surface area contributed by atoms with E-state index in [4.69, 9.17) is 4.98 Å². The second-order valence-electron chi connectivity index (χ2n) is 12.9. The van der Waals surface area contributed by atoms with Crippen molar-refractivity contribution in [1.82, 2.24) is 9.55 Å². The van der Waals surface area contributed by atoms with E-state index in [1.54, 1.807) is 0 Å². The smallest absolute Gasteiger partial charge is 0.138 e. The molecular formula is C48H35N3. The van der Waals surface area contributed by atoms with Crippen molar-refractivity contribution in [2.75, 3.05) is 11.4 Å². The number of hydrogen-bond acceptors (Lipinski definition) is 2. The van der Waals surface area contributed by atoms with E-state index in [1.807, 2.05) is 6.07 Å². The maximum absolute atomic E-state index is 5.32. The van der Waals surface area contributed by atoms with E-state index in [0.29, 0.717) is 0 Å². The Morgan fingerprint density at radius 1 is 0.529 bits per heavy atom. The fourth-order valence-electron chi connectivity index (χ4n) is 7.37. The summed E-state index contributed by atoms with van der Waals surface area (Å²) in [7, 11) is 0. The van der Waals surface area contributed by atoms with E-state index in [1.165, 1.54) is 10.8 Å². The average molecular weight is 654 g/mol. The van der Waals surface area contributed by atoms with Crippen molar-refractivity contribution in [2.45, 2.75) is 0 Å². The molecule has 0 saturated heterocycles. The van der Waals surface area contributed by atoms with Crippen LogP contribution in [0.2, 0.25) is 0 Å². The van der Waals surface area contributed by atoms with Crippen LogP contribution >= 0.6 is 0 Å². The maximum Gasteiger partial charge on any atom is 0.138 e. The van der Waals surface area contributed by atoms with Gasteiger partial charge < -0.3 is 4.90 Å². The molecule has 6 aromatic carbocycles. The monoisotopic (exact) mass is 653 g/mol. The molecule has 0 N–H and O–H groups in total. The lowest BCUT2D eigenvalue weighted by Crippen LogP contribution is -2.18. The highest BCUT2D eigenvalue weighted by molar-refractivity contribution is 6.11. The molecular weight excluding hydrogens is 619 g/mol. The minimum atomic E-state index is 0.755. The zero-order valence-corrected chi connectivity index (χ0v) is 28.2. The fourth-order valence-corrected chi connectivity index (χ4v) is 7.37. The van der Waals surface area contributed by atoms with E-state index in [2.05, 4.69) is 198 Å². The van der Waals surface area contributed by atoms with Gasteiger partial charge in [0.25, 0.3) is 0 Å². The molecule has 0 unspecified atom stereocenters. The number of anilines is 2. The van der Waals surface area contributed by atoms with E-state index < -0.39 is 0 Å². The third-order valence-electron chi connectivity index (χ3n) is 9.76. The van der Waals surface area contributed by atoms with Gasteiger partial charge >= 0.3 is 0 Å². The molecule has 8 aromatic rings. The van der Waals surface area contributed by atoms with Gasteiger partial charge in [-0.1, -0.05) is 146 Å². The Labute approximate surface area is 298 Å². The Hall–Kier alpha value is -6.71. The summed E-state index contributed by atoms with van der Waals surface area (Å²) in [6, 6.07) is 58.1. The van der Waals surface area contributed by atoms with Crippen LogP contribution in [0.15, 0.2) is 195 Å². The number of allylic oxidation sites excluding steroid dienone is 4. The van der Waals surface area contributed by atoms with Crippen molar-refractivity contribution in [3.05, 3.63) is 200 Å². The summed E-state index contributed by atoms with van der Waals surface area (Å²) >= 11 is 0. The van der Waals surface area contributed by atoms with Crippen LogP contribution in [0.3, 0.4) is 0 Å². The summed E-state index contributed by atoms with van der Waals surface area (Å²) in [6.45, 7) is 5.33. The van der Waals surface area contributed by atoms with Crippen LogP contribution in [0.1, 0.15) is 5.56 Å². The van der Waals surface area contributed by atoms with Gasteiger partial charge in [0.1, 0.15) is 5.82 Å². The van der Waals surface area contributed by atoms with Crippen molar-refractivity contribution in [1.29, 1.82) is 0 Å². The molecule has 0 atom stereocenters. The highest BCUT2D eigenvalue weighted by Crippen LogP contribution is 2.42. The molecule has 1 aliphatic heterocycles. The third-order valence-corrected chi connectivity index (χ3v) is 9.76. The second kappa shape index (κ2) is 13.0. The van der Waals surface area contributed by atoms with Gasteiger partial charge in [0.2, 0.25) is 0 Å². The van der Waals surface area contributed by atoms with Gasteiger partial charge in [-0.05, 0) is 76.4 Å². The number of benzene rings is 6.